The predicted octanol–water partition coefficient (Wildman–Crippen LogP) is 2.67. The number of ether oxygens (including phenoxy) is 1. The predicted molar refractivity (Wildman–Crippen MR) is 76.3 cm³/mol. The molecule has 2 heterocycles. The number of nitrogens with zero attached hydrogens (tertiary/aromatic N) is 2. The monoisotopic (exact) mass is 272 g/mol. The molecule has 0 saturated carbocycles. The van der Waals surface area contributed by atoms with Crippen LogP contribution in [0.3, 0.4) is 0 Å². The summed E-state index contributed by atoms with van der Waals surface area (Å²) in [5.41, 5.74) is 2.23. The SMILES string of the molecule is Fc1ccc(N2CCO[C@H](Cc3cccnc3)C2)cc1. The second-order valence-electron chi connectivity index (χ2n) is 4.98. The summed E-state index contributed by atoms with van der Waals surface area (Å²) in [6.07, 6.45) is 4.65. The third-order valence-corrected chi connectivity index (χ3v) is 3.52. The maximum Gasteiger partial charge on any atom is 0.123 e. The zero-order valence-electron chi connectivity index (χ0n) is 11.2. The van der Waals surface area contributed by atoms with E-state index in [-0.39, 0.29) is 11.9 Å². The van der Waals surface area contributed by atoms with E-state index in [2.05, 4.69) is 16.0 Å². The van der Waals surface area contributed by atoms with E-state index in [4.69, 9.17) is 4.74 Å². The lowest BCUT2D eigenvalue weighted by Crippen LogP contribution is -2.43. The van der Waals surface area contributed by atoms with Crippen molar-refractivity contribution in [3.63, 3.8) is 0 Å². The zero-order chi connectivity index (χ0) is 13.8. The highest BCUT2D eigenvalue weighted by molar-refractivity contribution is 5.46. The Kier molecular flexibility index (Phi) is 3.92. The van der Waals surface area contributed by atoms with Crippen molar-refractivity contribution in [1.29, 1.82) is 0 Å². The summed E-state index contributed by atoms with van der Waals surface area (Å²) in [5, 5.41) is 0. The molecule has 0 bridgehead atoms. The van der Waals surface area contributed by atoms with E-state index in [1.165, 1.54) is 17.7 Å². The number of hydrogen-bond donors (Lipinski definition) is 0. The molecule has 1 aliphatic rings. The van der Waals surface area contributed by atoms with E-state index >= 15 is 0 Å². The van der Waals surface area contributed by atoms with Gasteiger partial charge in [0.25, 0.3) is 0 Å². The van der Waals surface area contributed by atoms with Crippen LogP contribution in [0, 0.1) is 5.82 Å². The van der Waals surface area contributed by atoms with Crippen molar-refractivity contribution in [1.82, 2.24) is 4.98 Å². The average molecular weight is 272 g/mol. The minimum absolute atomic E-state index is 0.151. The number of anilines is 1. The van der Waals surface area contributed by atoms with E-state index in [9.17, 15) is 4.39 Å². The molecule has 0 amide bonds. The van der Waals surface area contributed by atoms with Crippen molar-refractivity contribution in [2.24, 2.45) is 0 Å². The molecule has 0 radical (unpaired) electrons. The lowest BCUT2D eigenvalue weighted by atomic mass is 10.1. The molecule has 3 nitrogen and oxygen atoms in total. The van der Waals surface area contributed by atoms with Crippen LogP contribution in [0.1, 0.15) is 5.56 Å². The van der Waals surface area contributed by atoms with Crippen LogP contribution in [0.5, 0.6) is 0 Å². The van der Waals surface area contributed by atoms with Crippen LogP contribution in [0.2, 0.25) is 0 Å². The third kappa shape index (κ3) is 3.14. The lowest BCUT2D eigenvalue weighted by molar-refractivity contribution is 0.0410. The molecule has 20 heavy (non-hydrogen) atoms. The van der Waals surface area contributed by atoms with Crippen molar-refractivity contribution in [3.8, 4) is 0 Å². The van der Waals surface area contributed by atoms with Gasteiger partial charge in [0.1, 0.15) is 5.82 Å². The van der Waals surface area contributed by atoms with Gasteiger partial charge in [-0.3, -0.25) is 4.98 Å². The van der Waals surface area contributed by atoms with Crippen LogP contribution in [0.25, 0.3) is 0 Å². The van der Waals surface area contributed by atoms with Crippen LogP contribution in [-0.4, -0.2) is 30.8 Å². The highest BCUT2D eigenvalue weighted by Gasteiger charge is 2.21. The number of morpholine rings is 1. The molecular formula is C16H17FN2O. The van der Waals surface area contributed by atoms with Gasteiger partial charge in [-0.25, -0.2) is 4.39 Å². The fourth-order valence-electron chi connectivity index (χ4n) is 2.51. The lowest BCUT2D eigenvalue weighted by Gasteiger charge is -2.34. The summed E-state index contributed by atoms with van der Waals surface area (Å²) in [5.74, 6) is -0.200. The number of pyridine rings is 1. The van der Waals surface area contributed by atoms with E-state index in [1.54, 1.807) is 6.20 Å². The van der Waals surface area contributed by atoms with Gasteiger partial charge in [0, 0.05) is 37.6 Å². The van der Waals surface area contributed by atoms with Gasteiger partial charge >= 0.3 is 0 Å². The second kappa shape index (κ2) is 6.01. The Morgan fingerprint density at radius 3 is 2.85 bits per heavy atom. The van der Waals surface area contributed by atoms with Crippen LogP contribution in [-0.2, 0) is 11.2 Å². The van der Waals surface area contributed by atoms with Crippen LogP contribution in [0.15, 0.2) is 48.8 Å². The van der Waals surface area contributed by atoms with Crippen molar-refractivity contribution in [2.75, 3.05) is 24.6 Å². The van der Waals surface area contributed by atoms with Crippen molar-refractivity contribution in [2.45, 2.75) is 12.5 Å². The van der Waals surface area contributed by atoms with E-state index in [1.807, 2.05) is 24.4 Å². The maximum atomic E-state index is 13.0. The molecule has 1 aliphatic heterocycles. The Morgan fingerprint density at radius 1 is 1.25 bits per heavy atom. The molecule has 2 aromatic rings. The topological polar surface area (TPSA) is 25.4 Å². The van der Waals surface area contributed by atoms with Gasteiger partial charge in [0.2, 0.25) is 0 Å². The molecule has 104 valence electrons. The maximum absolute atomic E-state index is 13.0. The molecule has 3 rings (SSSR count). The molecule has 1 aromatic heterocycles. The summed E-state index contributed by atoms with van der Waals surface area (Å²) in [6.45, 7) is 2.36. The fourth-order valence-corrected chi connectivity index (χ4v) is 2.51. The molecule has 0 N–H and O–H groups in total. The fraction of sp³-hybridized carbons (Fsp3) is 0.312. The summed E-state index contributed by atoms with van der Waals surface area (Å²) in [6, 6.07) is 10.6. The highest BCUT2D eigenvalue weighted by Crippen LogP contribution is 2.19. The second-order valence-corrected chi connectivity index (χ2v) is 4.98. The van der Waals surface area contributed by atoms with Crippen LogP contribution >= 0.6 is 0 Å². The third-order valence-electron chi connectivity index (χ3n) is 3.52. The first-order chi connectivity index (χ1) is 9.81. The number of halogens is 1. The quantitative estimate of drug-likeness (QED) is 0.859. The largest absolute Gasteiger partial charge is 0.374 e. The van der Waals surface area contributed by atoms with Crippen molar-refractivity contribution >= 4 is 5.69 Å². The summed E-state index contributed by atoms with van der Waals surface area (Å²) in [7, 11) is 0. The Labute approximate surface area is 118 Å². The van der Waals surface area contributed by atoms with Gasteiger partial charge in [0.15, 0.2) is 0 Å². The molecule has 4 heteroatoms. The average Bonchev–Trinajstić information content (AvgIpc) is 2.49. The molecule has 1 aromatic carbocycles. The minimum atomic E-state index is -0.200. The molecule has 0 unspecified atom stereocenters. The van der Waals surface area contributed by atoms with Crippen molar-refractivity contribution < 1.29 is 9.13 Å². The van der Waals surface area contributed by atoms with Crippen LogP contribution < -0.4 is 4.90 Å². The first-order valence-electron chi connectivity index (χ1n) is 6.82. The molecule has 1 fully saturated rings. The van der Waals surface area contributed by atoms with Gasteiger partial charge in [-0.2, -0.15) is 0 Å². The number of hydrogen-bond acceptors (Lipinski definition) is 3. The van der Waals surface area contributed by atoms with E-state index in [0.717, 1.165) is 25.2 Å². The highest BCUT2D eigenvalue weighted by atomic mass is 19.1. The Morgan fingerprint density at radius 2 is 2.10 bits per heavy atom. The smallest absolute Gasteiger partial charge is 0.123 e. The summed E-state index contributed by atoms with van der Waals surface area (Å²) in [4.78, 5) is 6.37. The minimum Gasteiger partial charge on any atom is -0.374 e. The molecule has 1 saturated heterocycles. The van der Waals surface area contributed by atoms with Gasteiger partial charge < -0.3 is 9.64 Å². The van der Waals surface area contributed by atoms with Crippen molar-refractivity contribution in [3.05, 3.63) is 60.2 Å². The van der Waals surface area contributed by atoms with E-state index < -0.39 is 0 Å². The van der Waals surface area contributed by atoms with Gasteiger partial charge in [0.05, 0.1) is 12.7 Å². The zero-order valence-corrected chi connectivity index (χ0v) is 11.2. The van der Waals surface area contributed by atoms with Gasteiger partial charge in [-0.1, -0.05) is 6.07 Å². The van der Waals surface area contributed by atoms with Crippen LogP contribution in [0.4, 0.5) is 10.1 Å². The Hall–Kier alpha value is -1.94. The van der Waals surface area contributed by atoms with E-state index in [0.29, 0.717) is 6.61 Å². The van der Waals surface area contributed by atoms with Gasteiger partial charge in [-0.15, -0.1) is 0 Å². The first-order valence-corrected chi connectivity index (χ1v) is 6.82. The normalized spacial score (nSPS) is 19.1. The molecule has 1 atom stereocenters. The molecule has 0 aliphatic carbocycles. The molecular weight excluding hydrogens is 255 g/mol. The molecule has 0 spiro atoms. The number of aromatic nitrogens is 1. The summed E-state index contributed by atoms with van der Waals surface area (Å²) >= 11 is 0. The van der Waals surface area contributed by atoms with Gasteiger partial charge in [-0.05, 0) is 35.9 Å². The first kappa shape index (κ1) is 13.1. The Bertz CT molecular complexity index is 544. The number of benzene rings is 1. The standard InChI is InChI=1S/C16H17FN2O/c17-14-3-5-15(6-4-14)19-8-9-20-16(12-19)10-13-2-1-7-18-11-13/h1-7,11,16H,8-10,12H2/t16-/m1/s1. The number of rotatable bonds is 3. The summed E-state index contributed by atoms with van der Waals surface area (Å²) < 4.78 is 18.8. The Balaban J connectivity index is 1.66.